The fraction of sp³-hybridized carbons (Fsp3) is 0.676. The second-order valence-electron chi connectivity index (χ2n) is 10.9. The highest BCUT2D eigenvalue weighted by Gasteiger charge is 2.15. The quantitative estimate of drug-likeness (QED) is 0.0536. The third-order valence-corrected chi connectivity index (χ3v) is 6.78. The van der Waals surface area contributed by atoms with Gasteiger partial charge in [-0.25, -0.2) is 0 Å². The SMILES string of the molecule is CCCCC=CCCCCCCCC(=O)OCC(CO)OC(=O)CCCC=CCC=CCC=CCC=CCCCCC. The first-order chi connectivity index (χ1) is 20.6. The van der Waals surface area contributed by atoms with Crippen LogP contribution in [0.2, 0.25) is 0 Å². The molecule has 0 fully saturated rings. The molecule has 1 unspecified atom stereocenters. The Bertz CT molecular complexity index is 762. The number of hydrogen-bond donors (Lipinski definition) is 1. The number of unbranched alkanes of at least 4 members (excludes halogenated alkanes) is 11. The number of allylic oxidation sites excluding steroid dienone is 10. The van der Waals surface area contributed by atoms with E-state index in [0.717, 1.165) is 51.4 Å². The Balaban J connectivity index is 3.74. The monoisotopic (exact) mass is 586 g/mol. The van der Waals surface area contributed by atoms with Crippen molar-refractivity contribution in [2.45, 2.75) is 148 Å². The molecular formula is C37H62O5. The van der Waals surface area contributed by atoms with Gasteiger partial charge in [0.2, 0.25) is 0 Å². The summed E-state index contributed by atoms with van der Waals surface area (Å²) in [6.07, 6.45) is 41.3. The average Bonchev–Trinajstić information content (AvgIpc) is 2.99. The van der Waals surface area contributed by atoms with E-state index in [4.69, 9.17) is 9.47 Å². The van der Waals surface area contributed by atoms with Crippen molar-refractivity contribution in [3.63, 3.8) is 0 Å². The van der Waals surface area contributed by atoms with Gasteiger partial charge in [-0.2, -0.15) is 0 Å². The Kier molecular flexibility index (Phi) is 31.2. The number of esters is 2. The zero-order valence-corrected chi connectivity index (χ0v) is 27.0. The van der Waals surface area contributed by atoms with Crippen molar-refractivity contribution in [3.8, 4) is 0 Å². The Labute approximate surface area is 258 Å². The van der Waals surface area contributed by atoms with Crippen molar-refractivity contribution in [3.05, 3.63) is 60.8 Å². The maximum absolute atomic E-state index is 12.1. The first-order valence-corrected chi connectivity index (χ1v) is 16.8. The highest BCUT2D eigenvalue weighted by molar-refractivity contribution is 5.70. The first kappa shape index (κ1) is 39.6. The summed E-state index contributed by atoms with van der Waals surface area (Å²) in [4.78, 5) is 24.1. The highest BCUT2D eigenvalue weighted by Crippen LogP contribution is 2.10. The van der Waals surface area contributed by atoms with Crippen LogP contribution in [0.1, 0.15) is 142 Å². The zero-order chi connectivity index (χ0) is 30.8. The largest absolute Gasteiger partial charge is 0.462 e. The predicted octanol–water partition coefficient (Wildman–Crippen LogP) is 10.1. The summed E-state index contributed by atoms with van der Waals surface area (Å²) in [5, 5.41) is 9.49. The minimum Gasteiger partial charge on any atom is -0.462 e. The lowest BCUT2D eigenvalue weighted by Crippen LogP contribution is -2.28. The molecule has 5 nitrogen and oxygen atoms in total. The van der Waals surface area contributed by atoms with Gasteiger partial charge in [-0.3, -0.25) is 9.59 Å². The molecule has 0 rings (SSSR count). The maximum atomic E-state index is 12.1. The van der Waals surface area contributed by atoms with Gasteiger partial charge in [-0.05, 0) is 70.6 Å². The standard InChI is InChI=1S/C37H62O5/c1-3-5-7-9-11-13-15-16-17-18-19-20-22-24-26-28-30-32-37(40)42-35(33-38)34-41-36(39)31-29-27-25-23-21-14-12-10-8-6-4-2/h10-13,16-17,19-20,24,26,35,38H,3-9,14-15,18,21-23,25,27-34H2,1-2H3. The summed E-state index contributed by atoms with van der Waals surface area (Å²) in [6.45, 7) is 3.99. The topological polar surface area (TPSA) is 72.8 Å². The summed E-state index contributed by atoms with van der Waals surface area (Å²) < 4.78 is 10.5. The number of aliphatic hydroxyl groups is 1. The summed E-state index contributed by atoms with van der Waals surface area (Å²) in [5.74, 6) is -0.676. The van der Waals surface area contributed by atoms with E-state index >= 15 is 0 Å². The average molecular weight is 587 g/mol. The first-order valence-electron chi connectivity index (χ1n) is 16.8. The minimum absolute atomic E-state index is 0.0946. The van der Waals surface area contributed by atoms with Crippen LogP contribution in [0.25, 0.3) is 0 Å². The molecule has 0 radical (unpaired) electrons. The fourth-order valence-corrected chi connectivity index (χ4v) is 4.17. The Morgan fingerprint density at radius 3 is 1.60 bits per heavy atom. The van der Waals surface area contributed by atoms with Crippen molar-refractivity contribution in [2.24, 2.45) is 0 Å². The normalized spacial score (nSPS) is 12.9. The van der Waals surface area contributed by atoms with E-state index < -0.39 is 6.10 Å². The lowest BCUT2D eigenvalue weighted by molar-refractivity contribution is -0.161. The molecule has 0 aliphatic heterocycles. The van der Waals surface area contributed by atoms with Gasteiger partial charge < -0.3 is 14.6 Å². The van der Waals surface area contributed by atoms with Crippen molar-refractivity contribution in [1.29, 1.82) is 0 Å². The van der Waals surface area contributed by atoms with Crippen LogP contribution in [0.5, 0.6) is 0 Å². The number of carbonyl (C=O) groups is 2. The third-order valence-electron chi connectivity index (χ3n) is 6.78. The Hall–Kier alpha value is -2.40. The van der Waals surface area contributed by atoms with Crippen LogP contribution in [0.4, 0.5) is 0 Å². The molecule has 0 saturated heterocycles. The third kappa shape index (κ3) is 30.6. The van der Waals surface area contributed by atoms with Gasteiger partial charge in [0.05, 0.1) is 6.61 Å². The fourth-order valence-electron chi connectivity index (χ4n) is 4.17. The van der Waals surface area contributed by atoms with Gasteiger partial charge in [0.1, 0.15) is 6.61 Å². The van der Waals surface area contributed by atoms with Crippen molar-refractivity contribution >= 4 is 11.9 Å². The van der Waals surface area contributed by atoms with Crippen molar-refractivity contribution in [1.82, 2.24) is 0 Å². The molecule has 0 aliphatic carbocycles. The molecule has 240 valence electrons. The van der Waals surface area contributed by atoms with Crippen molar-refractivity contribution < 1.29 is 24.2 Å². The number of rotatable bonds is 29. The second-order valence-corrected chi connectivity index (χ2v) is 10.9. The van der Waals surface area contributed by atoms with Gasteiger partial charge in [0, 0.05) is 12.8 Å². The van der Waals surface area contributed by atoms with Crippen LogP contribution < -0.4 is 0 Å². The summed E-state index contributed by atoms with van der Waals surface area (Å²) in [6, 6.07) is 0. The Morgan fingerprint density at radius 1 is 0.548 bits per heavy atom. The number of carbonyl (C=O) groups excluding carboxylic acids is 2. The van der Waals surface area contributed by atoms with Crippen LogP contribution in [-0.2, 0) is 19.1 Å². The van der Waals surface area contributed by atoms with Crippen LogP contribution in [0.15, 0.2) is 60.8 Å². The van der Waals surface area contributed by atoms with Crippen LogP contribution in [-0.4, -0.2) is 36.4 Å². The zero-order valence-electron chi connectivity index (χ0n) is 27.0. The van der Waals surface area contributed by atoms with Gasteiger partial charge in [-0.15, -0.1) is 0 Å². The van der Waals surface area contributed by atoms with E-state index in [9.17, 15) is 14.7 Å². The van der Waals surface area contributed by atoms with Gasteiger partial charge in [0.15, 0.2) is 6.10 Å². The molecule has 0 spiro atoms. The summed E-state index contributed by atoms with van der Waals surface area (Å²) >= 11 is 0. The predicted molar refractivity (Wildman–Crippen MR) is 177 cm³/mol. The summed E-state index contributed by atoms with van der Waals surface area (Å²) in [5.41, 5.74) is 0. The molecule has 0 saturated carbocycles. The van der Waals surface area contributed by atoms with Crippen molar-refractivity contribution in [2.75, 3.05) is 13.2 Å². The molecule has 5 heteroatoms. The van der Waals surface area contributed by atoms with E-state index in [1.165, 1.54) is 57.8 Å². The molecule has 0 aromatic rings. The number of aliphatic hydroxyl groups excluding tert-OH is 1. The maximum Gasteiger partial charge on any atom is 0.306 e. The van der Waals surface area contributed by atoms with Gasteiger partial charge >= 0.3 is 11.9 Å². The van der Waals surface area contributed by atoms with E-state index in [2.05, 4.69) is 74.6 Å². The number of ether oxygens (including phenoxy) is 2. The molecule has 0 aliphatic rings. The molecule has 0 aromatic heterocycles. The molecule has 0 heterocycles. The second kappa shape index (κ2) is 33.1. The molecule has 0 amide bonds. The van der Waals surface area contributed by atoms with Crippen LogP contribution in [0.3, 0.4) is 0 Å². The van der Waals surface area contributed by atoms with Gasteiger partial charge in [-0.1, -0.05) is 120 Å². The van der Waals surface area contributed by atoms with E-state index in [-0.39, 0.29) is 31.6 Å². The highest BCUT2D eigenvalue weighted by atomic mass is 16.6. The smallest absolute Gasteiger partial charge is 0.306 e. The molecule has 1 N–H and O–H groups in total. The van der Waals surface area contributed by atoms with Gasteiger partial charge in [0.25, 0.3) is 0 Å². The van der Waals surface area contributed by atoms with E-state index in [0.29, 0.717) is 12.8 Å². The van der Waals surface area contributed by atoms with Crippen LogP contribution in [0, 0.1) is 0 Å². The molecule has 1 atom stereocenters. The lowest BCUT2D eigenvalue weighted by atomic mass is 10.1. The number of hydrogen-bond acceptors (Lipinski definition) is 5. The molecule has 0 bridgehead atoms. The lowest BCUT2D eigenvalue weighted by Gasteiger charge is -2.15. The molecular weight excluding hydrogens is 524 g/mol. The molecule has 42 heavy (non-hydrogen) atoms. The minimum atomic E-state index is -0.802. The van der Waals surface area contributed by atoms with E-state index in [1.807, 2.05) is 0 Å². The summed E-state index contributed by atoms with van der Waals surface area (Å²) in [7, 11) is 0. The van der Waals surface area contributed by atoms with E-state index in [1.54, 1.807) is 0 Å². The molecule has 0 aromatic carbocycles. The Morgan fingerprint density at radius 2 is 1.00 bits per heavy atom. The van der Waals surface area contributed by atoms with Crippen LogP contribution >= 0.6 is 0 Å².